The summed E-state index contributed by atoms with van der Waals surface area (Å²) in [6.07, 6.45) is 1.38. The molecule has 178 valence electrons. The highest BCUT2D eigenvalue weighted by Gasteiger charge is 2.29. The number of carbonyl (C=O) groups is 2. The number of halogens is 2. The molecule has 2 amide bonds. The van der Waals surface area contributed by atoms with Crippen molar-refractivity contribution in [2.75, 3.05) is 39.8 Å². The number of amides is 2. The van der Waals surface area contributed by atoms with Crippen LogP contribution in [0.25, 0.3) is 0 Å². The Labute approximate surface area is 211 Å². The number of nitrogens with zero attached hydrogens (tertiary/aromatic N) is 2. The van der Waals surface area contributed by atoms with E-state index in [1.165, 1.54) is 17.7 Å². The summed E-state index contributed by atoms with van der Waals surface area (Å²) in [4.78, 5) is 30.4. The lowest BCUT2D eigenvalue weighted by Crippen LogP contribution is -2.43. The fourth-order valence-electron chi connectivity index (χ4n) is 3.67. The predicted molar refractivity (Wildman–Crippen MR) is 138 cm³/mol. The van der Waals surface area contributed by atoms with Gasteiger partial charge in [-0.1, -0.05) is 42.5 Å². The van der Waals surface area contributed by atoms with Gasteiger partial charge >= 0.3 is 0 Å². The molecule has 3 rings (SSSR count). The summed E-state index contributed by atoms with van der Waals surface area (Å²) in [7, 11) is 1.67. The van der Waals surface area contributed by atoms with Crippen LogP contribution in [0.4, 0.5) is 4.39 Å². The van der Waals surface area contributed by atoms with Crippen LogP contribution in [0.5, 0.6) is 0 Å². The van der Waals surface area contributed by atoms with E-state index in [0.29, 0.717) is 32.0 Å². The van der Waals surface area contributed by atoms with Crippen molar-refractivity contribution in [1.82, 2.24) is 20.9 Å². The molecule has 9 heteroatoms. The number of hydrogen-bond acceptors (Lipinski definition) is 3. The van der Waals surface area contributed by atoms with Crippen molar-refractivity contribution in [3.05, 3.63) is 71.5 Å². The molecule has 1 unspecified atom stereocenters. The van der Waals surface area contributed by atoms with Crippen molar-refractivity contribution in [1.29, 1.82) is 0 Å². The average Bonchev–Trinajstić information content (AvgIpc) is 3.17. The first-order chi connectivity index (χ1) is 15.6. The Morgan fingerprint density at radius 2 is 1.76 bits per heavy atom. The monoisotopic (exact) mass is 567 g/mol. The molecule has 1 aliphatic rings. The Kier molecular flexibility index (Phi) is 11.1. The molecule has 1 fully saturated rings. The Morgan fingerprint density at radius 3 is 2.48 bits per heavy atom. The van der Waals surface area contributed by atoms with Crippen molar-refractivity contribution in [3.63, 3.8) is 0 Å². The largest absolute Gasteiger partial charge is 0.356 e. The standard InChI is InChI=1S/C24H30FN5O2.HI/c1-26-24(28-13-12-27-23(32)20-9-5-6-10-21(20)25)29-16-19-15-22(31)30(17-19)14-11-18-7-3-2-4-8-18;/h2-10,19H,11-17H2,1H3,(H,27,32)(H2,26,28,29);1H. The number of aliphatic imine (C=N–C) groups is 1. The lowest BCUT2D eigenvalue weighted by atomic mass is 10.1. The minimum absolute atomic E-state index is 0. The van der Waals surface area contributed by atoms with Gasteiger partial charge in [0.05, 0.1) is 5.56 Å². The third kappa shape index (κ3) is 8.30. The van der Waals surface area contributed by atoms with Crippen LogP contribution in [0, 0.1) is 11.7 Å². The maximum atomic E-state index is 13.6. The molecule has 1 saturated heterocycles. The van der Waals surface area contributed by atoms with Gasteiger partial charge in [0.25, 0.3) is 5.91 Å². The van der Waals surface area contributed by atoms with Gasteiger partial charge in [0.15, 0.2) is 5.96 Å². The van der Waals surface area contributed by atoms with Crippen LogP contribution in [0.15, 0.2) is 59.6 Å². The third-order valence-electron chi connectivity index (χ3n) is 5.41. The van der Waals surface area contributed by atoms with E-state index in [1.807, 2.05) is 23.1 Å². The third-order valence-corrected chi connectivity index (χ3v) is 5.41. The molecule has 3 N–H and O–H groups in total. The number of hydrogen-bond donors (Lipinski definition) is 3. The second kappa shape index (κ2) is 13.8. The highest BCUT2D eigenvalue weighted by atomic mass is 127. The van der Waals surface area contributed by atoms with Crippen LogP contribution in [0.3, 0.4) is 0 Å². The van der Waals surface area contributed by atoms with E-state index < -0.39 is 11.7 Å². The highest BCUT2D eigenvalue weighted by Crippen LogP contribution is 2.17. The summed E-state index contributed by atoms with van der Waals surface area (Å²) in [6.45, 7) is 2.85. The average molecular weight is 567 g/mol. The summed E-state index contributed by atoms with van der Waals surface area (Å²) < 4.78 is 13.6. The molecule has 0 spiro atoms. The van der Waals surface area contributed by atoms with Gasteiger partial charge in [0, 0.05) is 52.1 Å². The topological polar surface area (TPSA) is 85.8 Å². The minimum atomic E-state index is -0.542. The highest BCUT2D eigenvalue weighted by molar-refractivity contribution is 14.0. The second-order valence-electron chi connectivity index (χ2n) is 7.76. The van der Waals surface area contributed by atoms with E-state index in [-0.39, 0.29) is 41.4 Å². The zero-order chi connectivity index (χ0) is 22.8. The van der Waals surface area contributed by atoms with Crippen LogP contribution in [-0.2, 0) is 11.2 Å². The van der Waals surface area contributed by atoms with Crippen LogP contribution in [0.2, 0.25) is 0 Å². The van der Waals surface area contributed by atoms with Crippen LogP contribution < -0.4 is 16.0 Å². The zero-order valence-corrected chi connectivity index (χ0v) is 21.1. The van der Waals surface area contributed by atoms with Crippen LogP contribution in [-0.4, -0.2) is 62.4 Å². The lowest BCUT2D eigenvalue weighted by molar-refractivity contribution is -0.127. The molecule has 0 saturated carbocycles. The Hall–Kier alpha value is -2.69. The van der Waals surface area contributed by atoms with Gasteiger partial charge < -0.3 is 20.9 Å². The predicted octanol–water partition coefficient (Wildman–Crippen LogP) is 2.43. The van der Waals surface area contributed by atoms with E-state index in [9.17, 15) is 14.0 Å². The Balaban J connectivity index is 0.00000385. The molecule has 7 nitrogen and oxygen atoms in total. The first kappa shape index (κ1) is 26.6. The summed E-state index contributed by atoms with van der Waals surface area (Å²) in [5.41, 5.74) is 1.26. The van der Waals surface area contributed by atoms with Gasteiger partial charge in [-0.2, -0.15) is 0 Å². The number of benzene rings is 2. The normalized spacial score (nSPS) is 15.7. The molecule has 2 aromatic rings. The van der Waals surface area contributed by atoms with E-state index in [1.54, 1.807) is 19.2 Å². The molecule has 0 aliphatic carbocycles. The maximum absolute atomic E-state index is 13.6. The van der Waals surface area contributed by atoms with Gasteiger partial charge in [-0.3, -0.25) is 14.6 Å². The molecule has 33 heavy (non-hydrogen) atoms. The maximum Gasteiger partial charge on any atom is 0.254 e. The minimum Gasteiger partial charge on any atom is -0.356 e. The van der Waals surface area contributed by atoms with Gasteiger partial charge in [0.1, 0.15) is 5.82 Å². The van der Waals surface area contributed by atoms with Crippen molar-refractivity contribution >= 4 is 41.8 Å². The fourth-order valence-corrected chi connectivity index (χ4v) is 3.67. The van der Waals surface area contributed by atoms with E-state index in [2.05, 4.69) is 33.1 Å². The van der Waals surface area contributed by atoms with E-state index >= 15 is 0 Å². The zero-order valence-electron chi connectivity index (χ0n) is 18.7. The number of guanidine groups is 1. The van der Waals surface area contributed by atoms with Crippen LogP contribution >= 0.6 is 24.0 Å². The van der Waals surface area contributed by atoms with E-state index in [0.717, 1.165) is 19.5 Å². The number of rotatable bonds is 9. The van der Waals surface area contributed by atoms with Gasteiger partial charge in [-0.05, 0) is 24.1 Å². The lowest BCUT2D eigenvalue weighted by Gasteiger charge is -2.18. The molecule has 0 aromatic heterocycles. The number of likely N-dealkylation sites (tertiary alicyclic amines) is 1. The van der Waals surface area contributed by atoms with Crippen molar-refractivity contribution < 1.29 is 14.0 Å². The smallest absolute Gasteiger partial charge is 0.254 e. The number of carbonyl (C=O) groups excluding carboxylic acids is 2. The summed E-state index contributed by atoms with van der Waals surface area (Å²) >= 11 is 0. The number of nitrogens with one attached hydrogen (secondary N) is 3. The SMILES string of the molecule is CN=C(NCCNC(=O)c1ccccc1F)NCC1CC(=O)N(CCc2ccccc2)C1.I. The summed E-state index contributed by atoms with van der Waals surface area (Å²) in [5, 5.41) is 9.04. The first-order valence-corrected chi connectivity index (χ1v) is 10.9. The molecule has 0 bridgehead atoms. The summed E-state index contributed by atoms with van der Waals surface area (Å²) in [5.74, 6) is 0.0108. The molecule has 1 aliphatic heterocycles. The molecule has 1 atom stereocenters. The fraction of sp³-hybridized carbons (Fsp3) is 0.375. The molecular weight excluding hydrogens is 536 g/mol. The van der Waals surface area contributed by atoms with E-state index in [4.69, 9.17) is 0 Å². The van der Waals surface area contributed by atoms with Gasteiger partial charge in [-0.15, -0.1) is 24.0 Å². The second-order valence-corrected chi connectivity index (χ2v) is 7.76. The molecule has 2 aromatic carbocycles. The van der Waals surface area contributed by atoms with Crippen molar-refractivity contribution in [2.24, 2.45) is 10.9 Å². The summed E-state index contributed by atoms with van der Waals surface area (Å²) in [6, 6.07) is 16.0. The van der Waals surface area contributed by atoms with Crippen molar-refractivity contribution in [2.45, 2.75) is 12.8 Å². The Bertz CT molecular complexity index is 941. The van der Waals surface area contributed by atoms with Gasteiger partial charge in [-0.25, -0.2) is 4.39 Å². The molecule has 1 heterocycles. The first-order valence-electron chi connectivity index (χ1n) is 10.9. The molecular formula is C24H31FIN5O2. The van der Waals surface area contributed by atoms with Gasteiger partial charge in [0.2, 0.25) is 5.91 Å². The Morgan fingerprint density at radius 1 is 1.06 bits per heavy atom. The quantitative estimate of drug-likeness (QED) is 0.188. The van der Waals surface area contributed by atoms with Crippen LogP contribution in [0.1, 0.15) is 22.3 Å². The molecule has 0 radical (unpaired) electrons. The van der Waals surface area contributed by atoms with Crippen molar-refractivity contribution in [3.8, 4) is 0 Å².